The van der Waals surface area contributed by atoms with Gasteiger partial charge >= 0.3 is 35.8 Å². The molecule has 0 aromatic rings. The zero-order valence-electron chi connectivity index (χ0n) is 29.3. The van der Waals surface area contributed by atoms with Crippen LogP contribution in [0.5, 0.6) is 0 Å². The van der Waals surface area contributed by atoms with Gasteiger partial charge in [0.25, 0.3) is 0 Å². The van der Waals surface area contributed by atoms with E-state index in [1.54, 1.807) is 13.8 Å². The first-order valence-electron chi connectivity index (χ1n) is 17.3. The largest absolute Gasteiger partial charge is 0.481 e. The van der Waals surface area contributed by atoms with Gasteiger partial charge in [0.05, 0.1) is 49.7 Å². The van der Waals surface area contributed by atoms with Crippen LogP contribution in [0.2, 0.25) is 0 Å². The number of carbonyl (C=O) groups excluding carboxylic acids is 2. The lowest BCUT2D eigenvalue weighted by Crippen LogP contribution is -2.42. The van der Waals surface area contributed by atoms with Crippen molar-refractivity contribution in [2.24, 2.45) is 29.4 Å². The Morgan fingerprint density at radius 3 is 1.57 bits per heavy atom. The van der Waals surface area contributed by atoms with Crippen molar-refractivity contribution in [2.75, 3.05) is 0 Å². The molecule has 0 amide bonds. The molecule has 0 spiro atoms. The highest BCUT2D eigenvalue weighted by molar-refractivity contribution is 5.83. The molecule has 9 atom stereocenters. The van der Waals surface area contributed by atoms with Crippen LogP contribution in [0.25, 0.3) is 0 Å². The third kappa shape index (κ3) is 21.4. The standard InChI is InChI=1S/C34H59NO14/c1-5-6-12-21(3)32(49-31(43)18-24(34(46)47)16-29(40)41)27(48-30(42)17-23(33(44)45)15-28(38)39)14-20(2)11-9-7-8-10-13-25(36)19-26(37)22(4)35/h20-27,32,36-37H,5-19,35H2,1-4H3,(H,38,39)(H,40,41)(H,44,45)(H,46,47)/t20-,21+,22-,23?,24?,25+,26-,27-,32+/m0/s1. The number of aliphatic hydroxyl groups is 2. The number of nitrogens with two attached hydrogens (primary N) is 1. The van der Waals surface area contributed by atoms with Crippen molar-refractivity contribution >= 4 is 35.8 Å². The van der Waals surface area contributed by atoms with Crippen LogP contribution < -0.4 is 5.73 Å². The summed E-state index contributed by atoms with van der Waals surface area (Å²) < 4.78 is 11.5. The first kappa shape index (κ1) is 45.7. The highest BCUT2D eigenvalue weighted by Crippen LogP contribution is 2.29. The van der Waals surface area contributed by atoms with Gasteiger partial charge in [-0.25, -0.2) is 0 Å². The van der Waals surface area contributed by atoms with Gasteiger partial charge in [0.15, 0.2) is 0 Å². The van der Waals surface area contributed by atoms with Crippen LogP contribution in [0.3, 0.4) is 0 Å². The smallest absolute Gasteiger partial charge is 0.307 e. The molecule has 0 aliphatic carbocycles. The van der Waals surface area contributed by atoms with Gasteiger partial charge in [-0.05, 0) is 38.0 Å². The van der Waals surface area contributed by atoms with Crippen molar-refractivity contribution in [3.05, 3.63) is 0 Å². The topological polar surface area (TPSA) is 268 Å². The quantitative estimate of drug-likeness (QED) is 0.0433. The van der Waals surface area contributed by atoms with Crippen molar-refractivity contribution in [3.8, 4) is 0 Å². The van der Waals surface area contributed by atoms with E-state index in [2.05, 4.69) is 0 Å². The average Bonchev–Trinajstić information content (AvgIpc) is 2.98. The predicted molar refractivity (Wildman–Crippen MR) is 176 cm³/mol. The second-order valence-electron chi connectivity index (χ2n) is 13.4. The summed E-state index contributed by atoms with van der Waals surface area (Å²) in [6.07, 6.45) is 0.203. The Morgan fingerprint density at radius 1 is 0.633 bits per heavy atom. The molecule has 15 heteroatoms. The van der Waals surface area contributed by atoms with E-state index in [4.69, 9.17) is 25.4 Å². The van der Waals surface area contributed by atoms with Gasteiger partial charge in [-0.2, -0.15) is 0 Å². The lowest BCUT2D eigenvalue weighted by Gasteiger charge is -2.33. The maximum Gasteiger partial charge on any atom is 0.307 e. The summed E-state index contributed by atoms with van der Waals surface area (Å²) in [4.78, 5) is 71.6. The average molecular weight is 706 g/mol. The number of unbranched alkanes of at least 4 members (excludes halogenated alkanes) is 4. The molecular weight excluding hydrogens is 646 g/mol. The molecule has 0 aliphatic heterocycles. The van der Waals surface area contributed by atoms with Crippen LogP contribution in [0, 0.1) is 23.7 Å². The maximum absolute atomic E-state index is 13.0. The van der Waals surface area contributed by atoms with E-state index in [1.165, 1.54) is 0 Å². The Morgan fingerprint density at radius 2 is 1.12 bits per heavy atom. The van der Waals surface area contributed by atoms with Gasteiger partial charge in [0.2, 0.25) is 0 Å². The normalized spacial score (nSPS) is 17.0. The lowest BCUT2D eigenvalue weighted by atomic mass is 9.87. The molecular formula is C34H59NO14. The third-order valence-corrected chi connectivity index (χ3v) is 8.60. The molecule has 8 N–H and O–H groups in total. The summed E-state index contributed by atoms with van der Waals surface area (Å²) in [5.74, 6) is -11.3. The molecule has 0 rings (SSSR count). The van der Waals surface area contributed by atoms with Gasteiger partial charge in [-0.3, -0.25) is 28.8 Å². The summed E-state index contributed by atoms with van der Waals surface area (Å²) in [5, 5.41) is 57.0. The molecule has 0 saturated carbocycles. The minimum atomic E-state index is -1.55. The van der Waals surface area contributed by atoms with Gasteiger partial charge < -0.3 is 45.8 Å². The summed E-state index contributed by atoms with van der Waals surface area (Å²) in [6.45, 7) is 7.31. The van der Waals surface area contributed by atoms with E-state index in [0.717, 1.165) is 38.5 Å². The van der Waals surface area contributed by atoms with E-state index in [9.17, 15) is 49.2 Å². The molecule has 284 valence electrons. The number of hydrogen-bond acceptors (Lipinski definition) is 11. The second kappa shape index (κ2) is 24.8. The molecule has 0 bridgehead atoms. The second-order valence-corrected chi connectivity index (χ2v) is 13.4. The van der Waals surface area contributed by atoms with Gasteiger partial charge in [0, 0.05) is 12.5 Å². The monoisotopic (exact) mass is 705 g/mol. The zero-order valence-corrected chi connectivity index (χ0v) is 29.3. The minimum absolute atomic E-state index is 0.0859. The summed E-state index contributed by atoms with van der Waals surface area (Å²) in [6, 6.07) is -0.432. The van der Waals surface area contributed by atoms with Crippen LogP contribution >= 0.6 is 0 Å². The van der Waals surface area contributed by atoms with Crippen molar-refractivity contribution in [1.29, 1.82) is 0 Å². The molecule has 0 radical (unpaired) electrons. The molecule has 0 saturated heterocycles. The Labute approximate surface area is 288 Å². The molecule has 15 nitrogen and oxygen atoms in total. The Balaban J connectivity index is 5.84. The first-order chi connectivity index (χ1) is 22.9. The molecule has 0 fully saturated rings. The number of rotatable bonds is 29. The van der Waals surface area contributed by atoms with E-state index in [-0.39, 0.29) is 18.8 Å². The number of carboxylic acid groups (broad SMARTS) is 4. The SMILES string of the molecule is CCCC[C@@H](C)[C@@H](OC(=O)CC(CC(=O)O)C(=O)O)[C@H](C[C@@H](C)CCCCCC[C@@H](O)C[C@H](O)[C@H](C)N)OC(=O)CC(CC(=O)O)C(=O)O. The number of aliphatic carboxylic acids is 4. The van der Waals surface area contributed by atoms with E-state index >= 15 is 0 Å². The number of ether oxygens (including phenoxy) is 2. The fourth-order valence-corrected chi connectivity index (χ4v) is 5.58. The Hall–Kier alpha value is -3.30. The van der Waals surface area contributed by atoms with Crippen LogP contribution in [0.1, 0.15) is 124 Å². The maximum atomic E-state index is 13.0. The fraction of sp³-hybridized carbons (Fsp3) is 0.824. The van der Waals surface area contributed by atoms with Crippen LogP contribution in [-0.4, -0.2) is 96.9 Å². The predicted octanol–water partition coefficient (Wildman–Crippen LogP) is 3.59. The highest BCUT2D eigenvalue weighted by Gasteiger charge is 2.37. The summed E-state index contributed by atoms with van der Waals surface area (Å²) in [5.41, 5.74) is 5.64. The number of aliphatic hydroxyl groups excluding tert-OH is 2. The van der Waals surface area contributed by atoms with Gasteiger partial charge in [-0.15, -0.1) is 0 Å². The van der Waals surface area contributed by atoms with Crippen molar-refractivity contribution in [3.63, 3.8) is 0 Å². The zero-order chi connectivity index (χ0) is 37.7. The van der Waals surface area contributed by atoms with Crippen LogP contribution in [0.4, 0.5) is 0 Å². The van der Waals surface area contributed by atoms with Crippen LogP contribution in [-0.2, 0) is 38.2 Å². The summed E-state index contributed by atoms with van der Waals surface area (Å²) in [7, 11) is 0. The summed E-state index contributed by atoms with van der Waals surface area (Å²) >= 11 is 0. The Bertz CT molecular complexity index is 1030. The fourth-order valence-electron chi connectivity index (χ4n) is 5.58. The number of hydrogen-bond donors (Lipinski definition) is 7. The number of carboxylic acids is 4. The van der Waals surface area contributed by atoms with Crippen LogP contribution in [0.15, 0.2) is 0 Å². The van der Waals surface area contributed by atoms with Gasteiger partial charge in [0.1, 0.15) is 12.2 Å². The van der Waals surface area contributed by atoms with Crippen molar-refractivity contribution in [1.82, 2.24) is 0 Å². The Kier molecular flexibility index (Phi) is 23.1. The van der Waals surface area contributed by atoms with Crippen molar-refractivity contribution in [2.45, 2.75) is 154 Å². The molecule has 0 heterocycles. The van der Waals surface area contributed by atoms with E-state index in [1.807, 2.05) is 13.8 Å². The lowest BCUT2D eigenvalue weighted by molar-refractivity contribution is -0.177. The number of esters is 2. The molecule has 0 aromatic carbocycles. The van der Waals surface area contributed by atoms with Gasteiger partial charge in [-0.1, -0.05) is 65.7 Å². The molecule has 49 heavy (non-hydrogen) atoms. The molecule has 2 unspecified atom stereocenters. The van der Waals surface area contributed by atoms with Crippen molar-refractivity contribution < 1.29 is 68.9 Å². The molecule has 0 aromatic heterocycles. The van der Waals surface area contributed by atoms with E-state index in [0.29, 0.717) is 19.3 Å². The van der Waals surface area contributed by atoms with E-state index < -0.39 is 110 Å². The minimum Gasteiger partial charge on any atom is -0.481 e. The molecule has 0 aliphatic rings. The first-order valence-corrected chi connectivity index (χ1v) is 17.3. The third-order valence-electron chi connectivity index (χ3n) is 8.60. The highest BCUT2D eigenvalue weighted by atomic mass is 16.6. The number of carbonyl (C=O) groups is 6.